The molecule has 0 amide bonds. The summed E-state index contributed by atoms with van der Waals surface area (Å²) in [5.74, 6) is -0.888. The summed E-state index contributed by atoms with van der Waals surface area (Å²) in [6.45, 7) is 4.07. The van der Waals surface area contributed by atoms with Gasteiger partial charge < -0.3 is 19.7 Å². The van der Waals surface area contributed by atoms with Crippen LogP contribution >= 0.6 is 7.82 Å². The second kappa shape index (κ2) is 45.5. The van der Waals surface area contributed by atoms with E-state index in [-0.39, 0.29) is 26.1 Å². The maximum absolute atomic E-state index is 12.6. The largest absolute Gasteiger partial charge is 0.472 e. The van der Waals surface area contributed by atoms with Gasteiger partial charge in [0.05, 0.1) is 13.2 Å². The number of esters is 2. The second-order valence-electron chi connectivity index (χ2n) is 14.9. The van der Waals surface area contributed by atoms with Crippen molar-refractivity contribution < 1.29 is 37.6 Å². The maximum atomic E-state index is 12.6. The normalized spacial score (nSPS) is 14.1. The molecule has 0 aliphatic carbocycles. The molecule has 2 N–H and O–H groups in total. The van der Waals surface area contributed by atoms with Crippen LogP contribution < -0.4 is 5.32 Å². The van der Waals surface area contributed by atoms with Gasteiger partial charge in [-0.15, -0.1) is 0 Å². The maximum Gasteiger partial charge on any atom is 0.472 e. The quantitative estimate of drug-likeness (QED) is 0.0267. The third-order valence-corrected chi connectivity index (χ3v) is 10.2. The van der Waals surface area contributed by atoms with Gasteiger partial charge in [0, 0.05) is 19.4 Å². The number of likely N-dealkylation sites (N-methyl/N-ethyl adjacent to an activating group) is 1. The van der Waals surface area contributed by atoms with E-state index in [0.717, 1.165) is 77.0 Å². The highest BCUT2D eigenvalue weighted by atomic mass is 31.2. The van der Waals surface area contributed by atoms with Gasteiger partial charge in [-0.1, -0.05) is 150 Å². The molecule has 0 aliphatic heterocycles. The van der Waals surface area contributed by atoms with Crippen LogP contribution in [0.3, 0.4) is 0 Å². The average molecular weight is 858 g/mol. The summed E-state index contributed by atoms with van der Waals surface area (Å²) in [5, 5.41) is 2.82. The van der Waals surface area contributed by atoms with E-state index in [4.69, 9.17) is 18.5 Å². The first kappa shape index (κ1) is 56.9. The lowest BCUT2D eigenvalue weighted by atomic mass is 10.1. The van der Waals surface area contributed by atoms with Crippen molar-refractivity contribution in [3.8, 4) is 0 Å². The predicted molar refractivity (Wildman–Crippen MR) is 252 cm³/mol. The number of unbranched alkanes of at least 4 members (excludes halogenated alkanes) is 12. The van der Waals surface area contributed by atoms with Gasteiger partial charge in [-0.25, -0.2) is 4.57 Å². The fraction of sp³-hybridized carbons (Fsp3) is 0.640. The molecule has 60 heavy (non-hydrogen) atoms. The molecule has 0 saturated heterocycles. The highest BCUT2D eigenvalue weighted by molar-refractivity contribution is 7.47. The summed E-state index contributed by atoms with van der Waals surface area (Å²) in [7, 11) is -2.69. The van der Waals surface area contributed by atoms with Crippen LogP contribution in [0, 0.1) is 0 Å². The highest BCUT2D eigenvalue weighted by Crippen LogP contribution is 2.43. The van der Waals surface area contributed by atoms with E-state index in [1.165, 1.54) is 51.4 Å². The van der Waals surface area contributed by atoms with Crippen molar-refractivity contribution in [3.63, 3.8) is 0 Å². The molecule has 0 aromatic rings. The topological polar surface area (TPSA) is 120 Å². The van der Waals surface area contributed by atoms with E-state index in [9.17, 15) is 19.0 Å². The van der Waals surface area contributed by atoms with Crippen LogP contribution in [0.5, 0.6) is 0 Å². The molecule has 10 heteroatoms. The first-order valence-corrected chi connectivity index (χ1v) is 24.7. The number of hydrogen-bond acceptors (Lipinski definition) is 8. The Morgan fingerprint density at radius 2 is 0.900 bits per heavy atom. The summed E-state index contributed by atoms with van der Waals surface area (Å²) < 4.78 is 33.2. The summed E-state index contributed by atoms with van der Waals surface area (Å²) in [4.78, 5) is 35.1. The Balaban J connectivity index is 4.35. The van der Waals surface area contributed by atoms with E-state index in [0.29, 0.717) is 19.4 Å². The third-order valence-electron chi connectivity index (χ3n) is 9.18. The van der Waals surface area contributed by atoms with Crippen LogP contribution in [0.4, 0.5) is 0 Å². The van der Waals surface area contributed by atoms with Gasteiger partial charge in [0.2, 0.25) is 0 Å². The molecule has 2 atom stereocenters. The summed E-state index contributed by atoms with van der Waals surface area (Å²) in [6, 6.07) is 0. The van der Waals surface area contributed by atoms with Crippen molar-refractivity contribution in [2.75, 3.05) is 33.4 Å². The van der Waals surface area contributed by atoms with E-state index < -0.39 is 32.5 Å². The Labute approximate surface area is 366 Å². The number of phosphoric ester groups is 1. The third kappa shape index (κ3) is 44.5. The SMILES string of the molecule is CCCCC/C=C\C/C=C\C/C=C\C/C=C\CCCCCC(=O)OCC(COP(=O)(O)OCCNC)OC(=O)CCCCC/C=C\C/C=C\C/C=C\C/C=C\CCCCC. The second-order valence-corrected chi connectivity index (χ2v) is 16.3. The summed E-state index contributed by atoms with van der Waals surface area (Å²) in [6.07, 6.45) is 57.3. The van der Waals surface area contributed by atoms with Crippen molar-refractivity contribution in [2.24, 2.45) is 0 Å². The van der Waals surface area contributed by atoms with Crippen LogP contribution in [0.15, 0.2) is 97.2 Å². The predicted octanol–water partition coefficient (Wildman–Crippen LogP) is 13.6. The molecule has 0 fully saturated rings. The van der Waals surface area contributed by atoms with Crippen LogP contribution in [0.1, 0.15) is 168 Å². The van der Waals surface area contributed by atoms with Gasteiger partial charge in [-0.2, -0.15) is 0 Å². The van der Waals surface area contributed by atoms with Crippen molar-refractivity contribution in [1.82, 2.24) is 5.32 Å². The molecule has 0 aromatic carbocycles. The van der Waals surface area contributed by atoms with Crippen molar-refractivity contribution in [3.05, 3.63) is 97.2 Å². The van der Waals surface area contributed by atoms with E-state index in [1.807, 2.05) is 0 Å². The molecule has 0 spiro atoms. The fourth-order valence-corrected chi connectivity index (χ4v) is 6.39. The smallest absolute Gasteiger partial charge is 0.462 e. The number of rotatable bonds is 42. The Morgan fingerprint density at radius 3 is 1.30 bits per heavy atom. The van der Waals surface area contributed by atoms with Crippen molar-refractivity contribution in [2.45, 2.75) is 174 Å². The Hall–Kier alpha value is -3.07. The fourth-order valence-electron chi connectivity index (χ4n) is 5.64. The minimum atomic E-state index is -4.38. The van der Waals surface area contributed by atoms with E-state index in [1.54, 1.807) is 7.05 Å². The van der Waals surface area contributed by atoms with E-state index in [2.05, 4.69) is 116 Å². The molecule has 0 aromatic heterocycles. The lowest BCUT2D eigenvalue weighted by molar-refractivity contribution is -0.161. The molecule has 0 saturated carbocycles. The lowest BCUT2D eigenvalue weighted by Gasteiger charge is -2.20. The Morgan fingerprint density at radius 1 is 0.517 bits per heavy atom. The van der Waals surface area contributed by atoms with Crippen LogP contribution in [-0.4, -0.2) is 56.3 Å². The molecular weight excluding hydrogens is 774 g/mol. The monoisotopic (exact) mass is 858 g/mol. The lowest BCUT2D eigenvalue weighted by Crippen LogP contribution is -2.29. The summed E-state index contributed by atoms with van der Waals surface area (Å²) in [5.41, 5.74) is 0. The zero-order chi connectivity index (χ0) is 43.9. The standard InChI is InChI=1S/C50H84NO8P/c1-4-6-8-10-12-14-16-18-20-22-24-26-28-30-32-34-36-38-40-42-49(52)56-46-48(47-58-60(54,55)57-45-44-51-3)59-50(53)43-41-39-37-35-33-31-29-27-25-23-21-19-17-15-13-11-9-7-5-2/h12-15,18-21,24-27,30-33,48,51H,4-11,16-17,22-23,28-29,34-47H2,1-3H3,(H,54,55)/b14-12-,15-13-,20-18-,21-19-,26-24-,27-25-,32-30-,33-31-. The minimum absolute atomic E-state index is 0.0345. The van der Waals surface area contributed by atoms with Crippen molar-refractivity contribution in [1.29, 1.82) is 0 Å². The van der Waals surface area contributed by atoms with Gasteiger partial charge in [0.15, 0.2) is 6.10 Å². The molecule has 0 aliphatic rings. The average Bonchev–Trinajstić information content (AvgIpc) is 3.23. The minimum Gasteiger partial charge on any atom is -0.462 e. The van der Waals surface area contributed by atoms with Crippen LogP contribution in [0.2, 0.25) is 0 Å². The Bertz CT molecular complexity index is 1300. The number of hydrogen-bond donors (Lipinski definition) is 2. The Kier molecular flexibility index (Phi) is 43.1. The highest BCUT2D eigenvalue weighted by Gasteiger charge is 2.26. The zero-order valence-electron chi connectivity index (χ0n) is 37.9. The van der Waals surface area contributed by atoms with Crippen molar-refractivity contribution >= 4 is 19.8 Å². The number of allylic oxidation sites excluding steroid dienone is 16. The van der Waals surface area contributed by atoms with Gasteiger partial charge in [-0.05, 0) is 110 Å². The van der Waals surface area contributed by atoms with E-state index >= 15 is 0 Å². The molecule has 0 heterocycles. The number of ether oxygens (including phenoxy) is 2. The molecular formula is C50H84NO8P. The number of carbonyl (C=O) groups is 2. The first-order chi connectivity index (χ1) is 29.3. The zero-order valence-corrected chi connectivity index (χ0v) is 38.8. The van der Waals surface area contributed by atoms with Gasteiger partial charge >= 0.3 is 19.8 Å². The number of phosphoric acid groups is 1. The molecule has 342 valence electrons. The van der Waals surface area contributed by atoms with Gasteiger partial charge in [-0.3, -0.25) is 18.6 Å². The van der Waals surface area contributed by atoms with Crippen LogP contribution in [-0.2, 0) is 32.7 Å². The number of nitrogens with one attached hydrogen (secondary N) is 1. The van der Waals surface area contributed by atoms with Gasteiger partial charge in [0.1, 0.15) is 6.61 Å². The molecule has 0 radical (unpaired) electrons. The molecule has 9 nitrogen and oxygen atoms in total. The molecule has 2 unspecified atom stereocenters. The summed E-state index contributed by atoms with van der Waals surface area (Å²) >= 11 is 0. The molecule has 0 bridgehead atoms. The molecule has 0 rings (SSSR count). The van der Waals surface area contributed by atoms with Crippen LogP contribution in [0.25, 0.3) is 0 Å². The first-order valence-electron chi connectivity index (χ1n) is 23.2. The van der Waals surface area contributed by atoms with Gasteiger partial charge in [0.25, 0.3) is 0 Å². The number of carbonyl (C=O) groups excluding carboxylic acids is 2.